The van der Waals surface area contributed by atoms with E-state index in [1.807, 2.05) is 11.8 Å². The zero-order chi connectivity index (χ0) is 10.5. The largest absolute Gasteiger partial charge is 0.324 e. The van der Waals surface area contributed by atoms with Crippen LogP contribution in [0.25, 0.3) is 0 Å². The molecule has 0 aromatic heterocycles. The molecule has 0 heterocycles. The van der Waals surface area contributed by atoms with Crippen molar-refractivity contribution in [3.8, 4) is 0 Å². The van der Waals surface area contributed by atoms with Crippen molar-refractivity contribution in [3.63, 3.8) is 0 Å². The maximum absolute atomic E-state index is 5.96. The molecule has 2 N–H and O–H groups in total. The predicted octanol–water partition coefficient (Wildman–Crippen LogP) is 1.80. The smallest absolute Gasteiger partial charge is 0.0226 e. The second kappa shape index (κ2) is 5.89. The summed E-state index contributed by atoms with van der Waals surface area (Å²) >= 11 is 1.91. The van der Waals surface area contributed by atoms with Crippen molar-refractivity contribution in [2.75, 3.05) is 25.6 Å². The number of thioether (sulfide) groups is 1. The predicted molar refractivity (Wildman–Crippen MR) is 63.4 cm³/mol. The van der Waals surface area contributed by atoms with Crippen molar-refractivity contribution in [1.82, 2.24) is 4.90 Å². The number of rotatable bonds is 6. The number of hydrogen-bond donors (Lipinski definition) is 1. The molecule has 0 radical (unpaired) electrons. The SMILES string of the molecule is CSCCC(C)N(C)CC(C)(C)N. The van der Waals surface area contributed by atoms with Crippen LogP contribution in [-0.2, 0) is 0 Å². The Kier molecular flexibility index (Phi) is 6.01. The number of hydrogen-bond acceptors (Lipinski definition) is 3. The summed E-state index contributed by atoms with van der Waals surface area (Å²) in [6, 6.07) is 0.635. The minimum atomic E-state index is -0.0810. The fourth-order valence-electron chi connectivity index (χ4n) is 1.31. The maximum atomic E-state index is 5.96. The zero-order valence-electron chi connectivity index (χ0n) is 9.63. The van der Waals surface area contributed by atoms with Gasteiger partial charge in [0.25, 0.3) is 0 Å². The van der Waals surface area contributed by atoms with Crippen molar-refractivity contribution in [3.05, 3.63) is 0 Å². The molecule has 3 heteroatoms. The summed E-state index contributed by atoms with van der Waals surface area (Å²) < 4.78 is 0. The molecule has 0 bridgehead atoms. The fraction of sp³-hybridized carbons (Fsp3) is 1.00. The van der Waals surface area contributed by atoms with Gasteiger partial charge in [-0.25, -0.2) is 0 Å². The van der Waals surface area contributed by atoms with Crippen LogP contribution in [0.2, 0.25) is 0 Å². The van der Waals surface area contributed by atoms with E-state index in [4.69, 9.17) is 5.73 Å². The summed E-state index contributed by atoms with van der Waals surface area (Å²) in [7, 11) is 2.15. The monoisotopic (exact) mass is 204 g/mol. The zero-order valence-corrected chi connectivity index (χ0v) is 10.4. The van der Waals surface area contributed by atoms with Crippen LogP contribution in [-0.4, -0.2) is 42.1 Å². The third-order valence-electron chi connectivity index (χ3n) is 2.15. The summed E-state index contributed by atoms with van der Waals surface area (Å²) in [6.07, 6.45) is 3.40. The first-order chi connectivity index (χ1) is 5.87. The van der Waals surface area contributed by atoms with Gasteiger partial charge in [-0.05, 0) is 46.2 Å². The van der Waals surface area contributed by atoms with Gasteiger partial charge in [-0.3, -0.25) is 0 Å². The van der Waals surface area contributed by atoms with E-state index in [2.05, 4.69) is 39.0 Å². The number of nitrogens with two attached hydrogens (primary N) is 1. The van der Waals surface area contributed by atoms with Gasteiger partial charge in [-0.2, -0.15) is 11.8 Å². The maximum Gasteiger partial charge on any atom is 0.0226 e. The van der Waals surface area contributed by atoms with Crippen molar-refractivity contribution >= 4 is 11.8 Å². The quantitative estimate of drug-likeness (QED) is 0.715. The molecule has 0 aliphatic heterocycles. The number of likely N-dealkylation sites (N-methyl/N-ethyl adjacent to an activating group) is 1. The van der Waals surface area contributed by atoms with Crippen LogP contribution in [0.1, 0.15) is 27.2 Å². The van der Waals surface area contributed by atoms with Gasteiger partial charge in [0.1, 0.15) is 0 Å². The van der Waals surface area contributed by atoms with E-state index in [9.17, 15) is 0 Å². The Bertz CT molecular complexity index is 131. The van der Waals surface area contributed by atoms with Crippen LogP contribution in [0.15, 0.2) is 0 Å². The minimum absolute atomic E-state index is 0.0810. The van der Waals surface area contributed by atoms with E-state index in [1.165, 1.54) is 12.2 Å². The molecule has 1 unspecified atom stereocenters. The van der Waals surface area contributed by atoms with Crippen LogP contribution in [0, 0.1) is 0 Å². The fourth-order valence-corrected chi connectivity index (χ4v) is 1.88. The highest BCUT2D eigenvalue weighted by atomic mass is 32.2. The molecule has 0 aromatic carbocycles. The lowest BCUT2D eigenvalue weighted by Crippen LogP contribution is -2.46. The Morgan fingerprint density at radius 3 is 2.38 bits per heavy atom. The Balaban J connectivity index is 3.75. The van der Waals surface area contributed by atoms with Gasteiger partial charge < -0.3 is 10.6 Å². The van der Waals surface area contributed by atoms with Gasteiger partial charge in [0.15, 0.2) is 0 Å². The van der Waals surface area contributed by atoms with Crippen LogP contribution >= 0.6 is 11.8 Å². The van der Waals surface area contributed by atoms with Gasteiger partial charge in [-0.1, -0.05) is 0 Å². The summed E-state index contributed by atoms with van der Waals surface area (Å²) in [5.74, 6) is 1.23. The lowest BCUT2D eigenvalue weighted by atomic mass is 10.1. The molecule has 0 fully saturated rings. The van der Waals surface area contributed by atoms with Gasteiger partial charge in [0.05, 0.1) is 0 Å². The van der Waals surface area contributed by atoms with E-state index in [1.54, 1.807) is 0 Å². The summed E-state index contributed by atoms with van der Waals surface area (Å²) in [5.41, 5.74) is 5.87. The van der Waals surface area contributed by atoms with Crippen LogP contribution in [0.4, 0.5) is 0 Å². The second-order valence-electron chi connectivity index (χ2n) is 4.53. The molecule has 0 aromatic rings. The highest BCUT2D eigenvalue weighted by Crippen LogP contribution is 2.08. The highest BCUT2D eigenvalue weighted by Gasteiger charge is 2.17. The molecule has 0 saturated carbocycles. The summed E-state index contributed by atoms with van der Waals surface area (Å²) in [5, 5.41) is 0. The summed E-state index contributed by atoms with van der Waals surface area (Å²) in [6.45, 7) is 7.38. The Morgan fingerprint density at radius 2 is 2.00 bits per heavy atom. The van der Waals surface area contributed by atoms with E-state index >= 15 is 0 Å². The highest BCUT2D eigenvalue weighted by molar-refractivity contribution is 7.98. The molecule has 0 saturated heterocycles. The summed E-state index contributed by atoms with van der Waals surface area (Å²) in [4.78, 5) is 2.34. The molecule has 1 atom stereocenters. The average molecular weight is 204 g/mol. The first kappa shape index (κ1) is 13.3. The van der Waals surface area contributed by atoms with Crippen molar-refractivity contribution < 1.29 is 0 Å². The molecule has 13 heavy (non-hydrogen) atoms. The Hall–Kier alpha value is 0.270. The molecular weight excluding hydrogens is 180 g/mol. The molecule has 0 aliphatic carbocycles. The van der Waals surface area contributed by atoms with Crippen LogP contribution < -0.4 is 5.73 Å². The van der Waals surface area contributed by atoms with E-state index in [0.29, 0.717) is 6.04 Å². The van der Waals surface area contributed by atoms with Crippen LogP contribution in [0.5, 0.6) is 0 Å². The third kappa shape index (κ3) is 7.35. The second-order valence-corrected chi connectivity index (χ2v) is 5.52. The molecule has 0 amide bonds. The van der Waals surface area contributed by atoms with E-state index in [-0.39, 0.29) is 5.54 Å². The first-order valence-corrected chi connectivity index (χ1v) is 6.24. The standard InChI is InChI=1S/C10H24N2S/c1-9(6-7-13-5)12(4)8-10(2,3)11/h9H,6-8,11H2,1-5H3. The number of nitrogens with zero attached hydrogens (tertiary/aromatic N) is 1. The first-order valence-electron chi connectivity index (χ1n) is 4.85. The van der Waals surface area contributed by atoms with Gasteiger partial charge >= 0.3 is 0 Å². The molecular formula is C10H24N2S. The van der Waals surface area contributed by atoms with E-state index < -0.39 is 0 Å². The van der Waals surface area contributed by atoms with Gasteiger partial charge in [0.2, 0.25) is 0 Å². The van der Waals surface area contributed by atoms with Crippen molar-refractivity contribution in [1.29, 1.82) is 0 Å². The van der Waals surface area contributed by atoms with Gasteiger partial charge in [-0.15, -0.1) is 0 Å². The lowest BCUT2D eigenvalue weighted by Gasteiger charge is -2.31. The average Bonchev–Trinajstić information content (AvgIpc) is 1.96. The Morgan fingerprint density at radius 1 is 1.46 bits per heavy atom. The lowest BCUT2D eigenvalue weighted by molar-refractivity contribution is 0.210. The Labute approximate surface area is 87.2 Å². The third-order valence-corrected chi connectivity index (χ3v) is 2.79. The molecule has 0 rings (SSSR count). The van der Waals surface area contributed by atoms with E-state index in [0.717, 1.165) is 6.54 Å². The molecule has 0 aliphatic rings. The molecule has 0 spiro atoms. The minimum Gasteiger partial charge on any atom is -0.324 e. The van der Waals surface area contributed by atoms with Crippen LogP contribution in [0.3, 0.4) is 0 Å². The topological polar surface area (TPSA) is 29.3 Å². The van der Waals surface area contributed by atoms with Crippen molar-refractivity contribution in [2.24, 2.45) is 5.73 Å². The normalized spacial score (nSPS) is 15.0. The molecule has 80 valence electrons. The van der Waals surface area contributed by atoms with Crippen molar-refractivity contribution in [2.45, 2.75) is 38.8 Å². The molecule has 2 nitrogen and oxygen atoms in total. The van der Waals surface area contributed by atoms with Gasteiger partial charge in [0, 0.05) is 18.1 Å².